The van der Waals surface area contributed by atoms with Gasteiger partial charge in [-0.2, -0.15) is 0 Å². The van der Waals surface area contributed by atoms with Crippen LogP contribution in [0.25, 0.3) is 0 Å². The normalized spacial score (nSPS) is 29.8. The van der Waals surface area contributed by atoms with Crippen LogP contribution in [0.3, 0.4) is 0 Å². The van der Waals surface area contributed by atoms with Crippen molar-refractivity contribution >= 4 is 9.84 Å². The Bertz CT molecular complexity index is 1030. The highest BCUT2D eigenvalue weighted by molar-refractivity contribution is 7.91. The molecule has 0 spiro atoms. The third kappa shape index (κ3) is 8.78. The second-order valence-electron chi connectivity index (χ2n) is 12.8. The molecular weight excluding hydrogens is 504 g/mol. The fourth-order valence-corrected chi connectivity index (χ4v) is 8.30. The van der Waals surface area contributed by atoms with Gasteiger partial charge in [0.25, 0.3) is 0 Å². The summed E-state index contributed by atoms with van der Waals surface area (Å²) in [6.45, 7) is 22.0. The van der Waals surface area contributed by atoms with E-state index < -0.39 is 9.84 Å². The molecule has 0 aromatic heterocycles. The average molecular weight is 559 g/mol. The molecule has 0 amide bonds. The summed E-state index contributed by atoms with van der Waals surface area (Å²) in [5.74, 6) is 1.59. The fourth-order valence-electron chi connectivity index (χ4n) is 6.51. The van der Waals surface area contributed by atoms with Crippen LogP contribution in [0.1, 0.15) is 92.9 Å². The quantitative estimate of drug-likeness (QED) is 0.160. The largest absolute Gasteiger partial charge is 0.374 e. The molecule has 0 radical (unpaired) electrons. The summed E-state index contributed by atoms with van der Waals surface area (Å²) >= 11 is 0. The summed E-state index contributed by atoms with van der Waals surface area (Å²) < 4.78 is 39.4. The summed E-state index contributed by atoms with van der Waals surface area (Å²) in [5, 5.41) is 0. The Morgan fingerprint density at radius 3 is 2.31 bits per heavy atom. The monoisotopic (exact) mass is 558 g/mol. The number of unbranched alkanes of at least 4 members (excludes halogenated alkanes) is 1. The summed E-state index contributed by atoms with van der Waals surface area (Å²) in [4.78, 5) is 0.411. The van der Waals surface area contributed by atoms with Crippen LogP contribution in [-0.4, -0.2) is 38.6 Å². The molecular formula is C34H54O4S. The molecule has 2 fully saturated rings. The van der Waals surface area contributed by atoms with Crippen LogP contribution in [0.15, 0.2) is 59.5 Å². The van der Waals surface area contributed by atoms with Crippen molar-refractivity contribution in [3.05, 3.63) is 54.6 Å². The molecule has 39 heavy (non-hydrogen) atoms. The molecule has 0 bridgehead atoms. The summed E-state index contributed by atoms with van der Waals surface area (Å²) in [5.41, 5.74) is 2.51. The maximum absolute atomic E-state index is 13.4. The zero-order chi connectivity index (χ0) is 28.7. The van der Waals surface area contributed by atoms with E-state index in [2.05, 4.69) is 54.7 Å². The highest BCUT2D eigenvalue weighted by atomic mass is 32.2. The van der Waals surface area contributed by atoms with Gasteiger partial charge >= 0.3 is 0 Å². The minimum atomic E-state index is -3.39. The number of sulfone groups is 1. The maximum Gasteiger partial charge on any atom is 0.178 e. The van der Waals surface area contributed by atoms with E-state index >= 15 is 0 Å². The van der Waals surface area contributed by atoms with Crippen LogP contribution in [0, 0.1) is 29.6 Å². The maximum atomic E-state index is 13.4. The first-order chi connectivity index (χ1) is 18.4. The number of ether oxygens (including phenoxy) is 2. The fraction of sp³-hybridized carbons (Fsp3) is 0.706. The lowest BCUT2D eigenvalue weighted by molar-refractivity contribution is 0.00926. The Hall–Kier alpha value is -1.43. The Kier molecular flexibility index (Phi) is 11.9. The van der Waals surface area contributed by atoms with E-state index in [1.165, 1.54) is 11.1 Å². The van der Waals surface area contributed by atoms with Crippen LogP contribution >= 0.6 is 0 Å². The molecule has 0 N–H and O–H groups in total. The molecule has 0 saturated carbocycles. The first-order valence-corrected chi connectivity index (χ1v) is 17.0. The topological polar surface area (TPSA) is 52.6 Å². The Balaban J connectivity index is 1.59. The van der Waals surface area contributed by atoms with Gasteiger partial charge in [0, 0.05) is 5.92 Å². The van der Waals surface area contributed by atoms with E-state index in [1.807, 2.05) is 6.07 Å². The zero-order valence-electron chi connectivity index (χ0n) is 25.4. The van der Waals surface area contributed by atoms with Crippen LogP contribution in [0.5, 0.6) is 0 Å². The molecule has 3 rings (SSSR count). The number of benzene rings is 1. The van der Waals surface area contributed by atoms with Crippen LogP contribution in [0.4, 0.5) is 0 Å². The first kappa shape index (κ1) is 32.1. The van der Waals surface area contributed by atoms with Gasteiger partial charge in [-0.15, -0.1) is 0 Å². The van der Waals surface area contributed by atoms with Crippen molar-refractivity contribution in [2.45, 2.75) is 122 Å². The third-order valence-electron chi connectivity index (χ3n) is 9.54. The standard InChI is InChI=1S/C34H54O4S/c1-9-23(2)19-33-29(8)31(22-39(35,36)30-16-11-10-12-17-30)34(38-33)21-25(4)28(7)24(3)15-13-14-18-32-26(5)20-27(6)37-32/h10-12,16-17,23-25,27,29,31-34H,5,7,9,13-15,18-22H2,1-4,6,8H3/t23?,24-,25-,27+,29-,31-,32?,33?,34+/m1/s1. The van der Waals surface area contributed by atoms with Crippen molar-refractivity contribution in [1.29, 1.82) is 0 Å². The molecule has 1 aromatic rings. The SMILES string of the molecule is C=C1C[C@H](C)OC1CCCC[C@@H](C)C(=C)[C@H](C)C[C@@H]1OC(CC(C)CC)[C@H](C)[C@H]1CS(=O)(=O)c1ccccc1. The second-order valence-corrected chi connectivity index (χ2v) is 14.8. The Morgan fingerprint density at radius 1 is 1.00 bits per heavy atom. The summed E-state index contributed by atoms with van der Waals surface area (Å²) in [6, 6.07) is 8.89. The minimum absolute atomic E-state index is 0.0169. The Morgan fingerprint density at radius 2 is 1.69 bits per heavy atom. The van der Waals surface area contributed by atoms with E-state index in [9.17, 15) is 8.42 Å². The highest BCUT2D eigenvalue weighted by Crippen LogP contribution is 2.41. The van der Waals surface area contributed by atoms with Crippen molar-refractivity contribution < 1.29 is 17.9 Å². The number of rotatable bonds is 15. The lowest BCUT2D eigenvalue weighted by atomic mass is 9.80. The van der Waals surface area contributed by atoms with Crippen molar-refractivity contribution in [3.63, 3.8) is 0 Å². The predicted molar refractivity (Wildman–Crippen MR) is 163 cm³/mol. The molecule has 5 heteroatoms. The second kappa shape index (κ2) is 14.5. The zero-order valence-corrected chi connectivity index (χ0v) is 26.2. The van der Waals surface area contributed by atoms with Gasteiger partial charge in [-0.25, -0.2) is 8.42 Å². The molecule has 2 aliphatic rings. The highest BCUT2D eigenvalue weighted by Gasteiger charge is 2.44. The third-order valence-corrected chi connectivity index (χ3v) is 11.4. The molecule has 3 unspecified atom stereocenters. The number of hydrogen-bond donors (Lipinski definition) is 0. The molecule has 2 saturated heterocycles. The van der Waals surface area contributed by atoms with Crippen molar-refractivity contribution in [2.24, 2.45) is 29.6 Å². The molecule has 1 aromatic carbocycles. The van der Waals surface area contributed by atoms with Gasteiger partial charge in [-0.05, 0) is 80.4 Å². The van der Waals surface area contributed by atoms with Gasteiger partial charge in [0.1, 0.15) is 0 Å². The van der Waals surface area contributed by atoms with Crippen LogP contribution in [-0.2, 0) is 19.3 Å². The van der Waals surface area contributed by atoms with E-state index in [-0.39, 0.29) is 41.8 Å². The molecule has 2 aliphatic heterocycles. The predicted octanol–water partition coefficient (Wildman–Crippen LogP) is 8.43. The van der Waals surface area contributed by atoms with E-state index in [0.29, 0.717) is 22.8 Å². The smallest absolute Gasteiger partial charge is 0.178 e. The molecule has 220 valence electrons. The van der Waals surface area contributed by atoms with Gasteiger partial charge in [0.15, 0.2) is 9.84 Å². The van der Waals surface area contributed by atoms with Gasteiger partial charge in [0.2, 0.25) is 0 Å². The van der Waals surface area contributed by atoms with Crippen molar-refractivity contribution in [2.75, 3.05) is 5.75 Å². The van der Waals surface area contributed by atoms with Crippen LogP contribution < -0.4 is 0 Å². The van der Waals surface area contributed by atoms with E-state index in [1.54, 1.807) is 24.3 Å². The minimum Gasteiger partial charge on any atom is -0.374 e. The van der Waals surface area contributed by atoms with Crippen molar-refractivity contribution in [1.82, 2.24) is 0 Å². The number of hydrogen-bond acceptors (Lipinski definition) is 4. The van der Waals surface area contributed by atoms with Gasteiger partial charge in [0.05, 0.1) is 35.1 Å². The lowest BCUT2D eigenvalue weighted by Crippen LogP contribution is -2.30. The summed E-state index contributed by atoms with van der Waals surface area (Å²) in [7, 11) is -3.39. The van der Waals surface area contributed by atoms with E-state index in [0.717, 1.165) is 51.4 Å². The van der Waals surface area contributed by atoms with Gasteiger partial charge in [-0.1, -0.05) is 90.8 Å². The van der Waals surface area contributed by atoms with Crippen LogP contribution in [0.2, 0.25) is 0 Å². The van der Waals surface area contributed by atoms with E-state index in [4.69, 9.17) is 9.47 Å². The van der Waals surface area contributed by atoms with Gasteiger partial charge < -0.3 is 9.47 Å². The lowest BCUT2D eigenvalue weighted by Gasteiger charge is -2.27. The van der Waals surface area contributed by atoms with Gasteiger partial charge in [-0.3, -0.25) is 0 Å². The van der Waals surface area contributed by atoms with Crippen molar-refractivity contribution in [3.8, 4) is 0 Å². The summed E-state index contributed by atoms with van der Waals surface area (Å²) in [6.07, 6.45) is 8.94. The average Bonchev–Trinajstić information content (AvgIpc) is 3.37. The molecule has 0 aliphatic carbocycles. The molecule has 4 nitrogen and oxygen atoms in total. The Labute approximate surface area is 239 Å². The first-order valence-electron chi connectivity index (χ1n) is 15.4. The molecule has 2 heterocycles. The number of allylic oxidation sites excluding steroid dienone is 1. The molecule has 9 atom stereocenters.